The van der Waals surface area contributed by atoms with E-state index in [1.165, 1.54) is 57.8 Å². The standard InChI is InChI=1S/C24H40O2/c1-4-21-22(26-21)14-24-10-5-6-20(24)18-8-7-16-13-17(25)12-15(2)23(16,3)19(18)9-11-24/h15-22,25H,4-14H2,1-3H3/t15-,16-,17+,18+,19-,20-,21?,22?,23-,24-/m0/s1. The van der Waals surface area contributed by atoms with Crippen LogP contribution in [0.2, 0.25) is 0 Å². The molecule has 26 heavy (non-hydrogen) atoms. The van der Waals surface area contributed by atoms with Crippen LogP contribution in [-0.2, 0) is 4.74 Å². The summed E-state index contributed by atoms with van der Waals surface area (Å²) < 4.78 is 6.01. The zero-order valence-corrected chi connectivity index (χ0v) is 17.3. The average Bonchev–Trinajstić information content (AvgIpc) is 3.21. The van der Waals surface area contributed by atoms with Crippen molar-refractivity contribution in [3.05, 3.63) is 0 Å². The quantitative estimate of drug-likeness (QED) is 0.667. The predicted molar refractivity (Wildman–Crippen MR) is 105 cm³/mol. The molecular formula is C24H40O2. The molecule has 1 heterocycles. The summed E-state index contributed by atoms with van der Waals surface area (Å²) in [5.74, 6) is 4.31. The van der Waals surface area contributed by atoms with E-state index in [4.69, 9.17) is 4.74 Å². The topological polar surface area (TPSA) is 32.8 Å². The van der Waals surface area contributed by atoms with Gasteiger partial charge >= 0.3 is 0 Å². The summed E-state index contributed by atoms with van der Waals surface area (Å²) in [6.45, 7) is 7.37. The van der Waals surface area contributed by atoms with Gasteiger partial charge in [0.1, 0.15) is 0 Å². The Morgan fingerprint density at radius 1 is 1.00 bits per heavy atom. The Hall–Kier alpha value is -0.0800. The maximum Gasteiger partial charge on any atom is 0.0847 e. The fourth-order valence-electron chi connectivity index (χ4n) is 8.96. The van der Waals surface area contributed by atoms with E-state index in [0.717, 1.165) is 36.5 Å². The summed E-state index contributed by atoms with van der Waals surface area (Å²) in [5, 5.41) is 10.4. The maximum absolute atomic E-state index is 10.4. The minimum absolute atomic E-state index is 0.0354. The van der Waals surface area contributed by atoms with Crippen LogP contribution in [0.1, 0.15) is 91.4 Å². The fourth-order valence-corrected chi connectivity index (χ4v) is 8.96. The molecule has 5 aliphatic rings. The first-order chi connectivity index (χ1) is 12.5. The molecular weight excluding hydrogens is 320 g/mol. The maximum atomic E-state index is 10.4. The number of aliphatic hydroxyl groups is 1. The van der Waals surface area contributed by atoms with E-state index < -0.39 is 0 Å². The van der Waals surface area contributed by atoms with Crippen LogP contribution < -0.4 is 0 Å². The SMILES string of the molecule is CCC1OC1C[C@@]12CCC[C@H]1[C@@H]1CC[C@H]3C[C@H](O)C[C@H](C)[C@]3(C)[C@H]1CC2. The molecule has 2 unspecified atom stereocenters. The highest BCUT2D eigenvalue weighted by Gasteiger charge is 2.61. The number of epoxide rings is 1. The van der Waals surface area contributed by atoms with E-state index in [0.29, 0.717) is 29.0 Å². The summed E-state index contributed by atoms with van der Waals surface area (Å²) in [4.78, 5) is 0. The van der Waals surface area contributed by atoms with Gasteiger partial charge in [0.05, 0.1) is 18.3 Å². The molecule has 148 valence electrons. The van der Waals surface area contributed by atoms with E-state index >= 15 is 0 Å². The molecule has 5 rings (SSSR count). The molecule has 1 aliphatic heterocycles. The first kappa shape index (κ1) is 18.0. The second-order valence-corrected chi connectivity index (χ2v) is 11.2. The number of rotatable bonds is 3. The molecule has 0 aromatic heterocycles. The van der Waals surface area contributed by atoms with Crippen molar-refractivity contribution in [2.75, 3.05) is 0 Å². The molecule has 4 saturated carbocycles. The van der Waals surface area contributed by atoms with Crippen molar-refractivity contribution in [1.29, 1.82) is 0 Å². The Morgan fingerprint density at radius 2 is 1.85 bits per heavy atom. The van der Waals surface area contributed by atoms with Crippen LogP contribution in [0.25, 0.3) is 0 Å². The van der Waals surface area contributed by atoms with Crippen molar-refractivity contribution in [3.63, 3.8) is 0 Å². The van der Waals surface area contributed by atoms with Crippen molar-refractivity contribution in [3.8, 4) is 0 Å². The normalized spacial score (nSPS) is 58.6. The third-order valence-corrected chi connectivity index (χ3v) is 10.4. The van der Waals surface area contributed by atoms with Crippen LogP contribution in [0.5, 0.6) is 0 Å². The molecule has 0 spiro atoms. The lowest BCUT2D eigenvalue weighted by Crippen LogP contribution is -2.56. The number of hydrogen-bond donors (Lipinski definition) is 1. The largest absolute Gasteiger partial charge is 0.393 e. The van der Waals surface area contributed by atoms with Crippen LogP contribution in [-0.4, -0.2) is 23.4 Å². The fraction of sp³-hybridized carbons (Fsp3) is 1.00. The lowest BCUT2D eigenvalue weighted by atomic mass is 9.42. The Kier molecular flexibility index (Phi) is 4.29. The van der Waals surface area contributed by atoms with E-state index in [1.54, 1.807) is 0 Å². The first-order valence-corrected chi connectivity index (χ1v) is 11.8. The minimum Gasteiger partial charge on any atom is -0.393 e. The summed E-state index contributed by atoms with van der Waals surface area (Å²) in [6.07, 6.45) is 16.0. The average molecular weight is 361 g/mol. The van der Waals surface area contributed by atoms with Gasteiger partial charge < -0.3 is 9.84 Å². The van der Waals surface area contributed by atoms with E-state index in [-0.39, 0.29) is 6.10 Å². The van der Waals surface area contributed by atoms with Gasteiger partial charge in [0.15, 0.2) is 0 Å². The van der Waals surface area contributed by atoms with E-state index in [1.807, 2.05) is 0 Å². The smallest absolute Gasteiger partial charge is 0.0847 e. The van der Waals surface area contributed by atoms with Gasteiger partial charge in [-0.2, -0.15) is 0 Å². The summed E-state index contributed by atoms with van der Waals surface area (Å²) >= 11 is 0. The third kappa shape index (κ3) is 2.50. The van der Waals surface area contributed by atoms with Crippen LogP contribution >= 0.6 is 0 Å². The van der Waals surface area contributed by atoms with Crippen molar-refractivity contribution in [2.45, 2.75) is 110 Å². The highest BCUT2D eigenvalue weighted by molar-refractivity contribution is 5.11. The molecule has 0 radical (unpaired) electrons. The number of aliphatic hydroxyl groups excluding tert-OH is 1. The van der Waals surface area contributed by atoms with Gasteiger partial charge in [0, 0.05) is 0 Å². The van der Waals surface area contributed by atoms with Gasteiger partial charge in [-0.15, -0.1) is 0 Å². The number of hydrogen-bond acceptors (Lipinski definition) is 2. The minimum atomic E-state index is -0.0354. The lowest BCUT2D eigenvalue weighted by Gasteiger charge is -2.63. The second kappa shape index (κ2) is 6.21. The van der Waals surface area contributed by atoms with Gasteiger partial charge in [-0.25, -0.2) is 0 Å². The van der Waals surface area contributed by atoms with Gasteiger partial charge in [-0.05, 0) is 105 Å². The Morgan fingerprint density at radius 3 is 2.62 bits per heavy atom. The highest BCUT2D eigenvalue weighted by atomic mass is 16.6. The van der Waals surface area contributed by atoms with Crippen LogP contribution in [0.4, 0.5) is 0 Å². The molecule has 0 aromatic carbocycles. The third-order valence-electron chi connectivity index (χ3n) is 10.4. The molecule has 0 aromatic rings. The molecule has 1 saturated heterocycles. The molecule has 2 heteroatoms. The Bertz CT molecular complexity index is 546. The molecule has 0 amide bonds. The van der Waals surface area contributed by atoms with Gasteiger partial charge in [0.25, 0.3) is 0 Å². The Labute approximate surface area is 160 Å². The number of ether oxygens (including phenoxy) is 1. The zero-order valence-electron chi connectivity index (χ0n) is 17.3. The van der Waals surface area contributed by atoms with Crippen LogP contribution in [0.15, 0.2) is 0 Å². The zero-order chi connectivity index (χ0) is 18.1. The molecule has 2 nitrogen and oxygen atoms in total. The van der Waals surface area contributed by atoms with E-state index in [9.17, 15) is 5.11 Å². The van der Waals surface area contributed by atoms with Crippen molar-refractivity contribution in [2.24, 2.45) is 40.4 Å². The van der Waals surface area contributed by atoms with Gasteiger partial charge in [-0.3, -0.25) is 0 Å². The van der Waals surface area contributed by atoms with Gasteiger partial charge in [0.2, 0.25) is 0 Å². The molecule has 4 aliphatic carbocycles. The Balaban J connectivity index is 1.39. The number of fused-ring (bicyclic) bond motifs is 5. The van der Waals surface area contributed by atoms with Gasteiger partial charge in [-0.1, -0.05) is 27.2 Å². The highest BCUT2D eigenvalue weighted by Crippen LogP contribution is 2.68. The van der Waals surface area contributed by atoms with Crippen LogP contribution in [0, 0.1) is 40.4 Å². The molecule has 10 atom stereocenters. The first-order valence-electron chi connectivity index (χ1n) is 11.8. The molecule has 0 bridgehead atoms. The second-order valence-electron chi connectivity index (χ2n) is 11.2. The molecule has 5 fully saturated rings. The summed E-state index contributed by atoms with van der Waals surface area (Å²) in [6, 6.07) is 0. The lowest BCUT2D eigenvalue weighted by molar-refractivity contribution is -0.151. The summed E-state index contributed by atoms with van der Waals surface area (Å²) in [7, 11) is 0. The molecule has 1 N–H and O–H groups in total. The van der Waals surface area contributed by atoms with Crippen molar-refractivity contribution < 1.29 is 9.84 Å². The monoisotopic (exact) mass is 360 g/mol. The van der Waals surface area contributed by atoms with E-state index in [2.05, 4.69) is 20.8 Å². The van der Waals surface area contributed by atoms with Crippen molar-refractivity contribution >= 4 is 0 Å². The van der Waals surface area contributed by atoms with Crippen molar-refractivity contribution in [1.82, 2.24) is 0 Å². The predicted octanol–water partition coefficient (Wildman–Crippen LogP) is 5.57. The summed E-state index contributed by atoms with van der Waals surface area (Å²) in [5.41, 5.74) is 1.11. The van der Waals surface area contributed by atoms with Crippen LogP contribution in [0.3, 0.4) is 0 Å².